The molecule has 0 aliphatic heterocycles. The number of hydrogen-bond donors (Lipinski definition) is 1. The van der Waals surface area contributed by atoms with Gasteiger partial charge in [0.05, 0.1) is 23.3 Å². The van der Waals surface area contributed by atoms with Crippen molar-refractivity contribution in [3.05, 3.63) is 59.2 Å². The van der Waals surface area contributed by atoms with Gasteiger partial charge in [-0.1, -0.05) is 6.07 Å². The minimum absolute atomic E-state index is 0.166. The van der Waals surface area contributed by atoms with Crippen LogP contribution in [0.3, 0.4) is 0 Å². The van der Waals surface area contributed by atoms with Crippen LogP contribution < -0.4 is 0 Å². The second-order valence-corrected chi connectivity index (χ2v) is 4.98. The van der Waals surface area contributed by atoms with Crippen molar-refractivity contribution in [1.29, 1.82) is 0 Å². The molecule has 0 spiro atoms. The normalized spacial score (nSPS) is 11.2. The lowest BCUT2D eigenvalue weighted by molar-refractivity contribution is 0.281. The van der Waals surface area contributed by atoms with E-state index in [1.165, 1.54) is 11.6 Å². The molecule has 3 rings (SSSR count). The molecule has 4 heteroatoms. The van der Waals surface area contributed by atoms with Gasteiger partial charge in [-0.25, -0.2) is 9.37 Å². The van der Waals surface area contributed by atoms with Crippen molar-refractivity contribution in [2.75, 3.05) is 0 Å². The number of aromatic nitrogens is 2. The summed E-state index contributed by atoms with van der Waals surface area (Å²) in [6, 6.07) is 8.74. The number of rotatable bonds is 2. The first-order chi connectivity index (χ1) is 9.60. The molecule has 0 saturated carbocycles. The van der Waals surface area contributed by atoms with Crippen LogP contribution in [-0.2, 0) is 6.61 Å². The van der Waals surface area contributed by atoms with E-state index in [1.807, 2.05) is 26.0 Å². The van der Waals surface area contributed by atoms with Crippen LogP contribution in [0.1, 0.15) is 16.7 Å². The van der Waals surface area contributed by atoms with Crippen molar-refractivity contribution >= 4 is 11.0 Å². The van der Waals surface area contributed by atoms with Gasteiger partial charge in [-0.15, -0.1) is 0 Å². The summed E-state index contributed by atoms with van der Waals surface area (Å²) in [7, 11) is 0. The quantitative estimate of drug-likeness (QED) is 0.776. The van der Waals surface area contributed by atoms with Gasteiger partial charge in [0.15, 0.2) is 0 Å². The van der Waals surface area contributed by atoms with E-state index >= 15 is 0 Å². The Morgan fingerprint density at radius 3 is 2.60 bits per heavy atom. The van der Waals surface area contributed by atoms with Crippen LogP contribution in [0.25, 0.3) is 16.7 Å². The molecule has 0 radical (unpaired) electrons. The molecule has 102 valence electrons. The number of fused-ring (bicyclic) bond motifs is 1. The highest BCUT2D eigenvalue weighted by molar-refractivity contribution is 5.79. The Kier molecular flexibility index (Phi) is 3.03. The van der Waals surface area contributed by atoms with E-state index in [2.05, 4.69) is 4.98 Å². The molecule has 0 bridgehead atoms. The first-order valence-corrected chi connectivity index (χ1v) is 6.44. The maximum Gasteiger partial charge on any atom is 0.147 e. The van der Waals surface area contributed by atoms with Crippen LogP contribution in [0, 0.1) is 19.7 Å². The third kappa shape index (κ3) is 1.98. The van der Waals surface area contributed by atoms with Gasteiger partial charge in [-0.3, -0.25) is 4.57 Å². The highest BCUT2D eigenvalue weighted by atomic mass is 19.1. The molecule has 3 aromatic rings. The Morgan fingerprint density at radius 1 is 1.15 bits per heavy atom. The Labute approximate surface area is 116 Å². The predicted molar refractivity (Wildman–Crippen MR) is 76.4 cm³/mol. The lowest BCUT2D eigenvalue weighted by Crippen LogP contribution is -1.98. The Balaban J connectivity index is 2.22. The van der Waals surface area contributed by atoms with Crippen molar-refractivity contribution in [2.45, 2.75) is 20.5 Å². The Bertz CT molecular complexity index is 793. The zero-order valence-electron chi connectivity index (χ0n) is 11.4. The number of aryl methyl sites for hydroxylation is 2. The second kappa shape index (κ2) is 4.72. The number of aliphatic hydroxyl groups is 1. The predicted octanol–water partition coefficient (Wildman–Crippen LogP) is 3.27. The largest absolute Gasteiger partial charge is 0.392 e. The zero-order valence-corrected chi connectivity index (χ0v) is 11.4. The molecule has 1 heterocycles. The van der Waals surface area contributed by atoms with Crippen molar-refractivity contribution in [2.24, 2.45) is 0 Å². The van der Waals surface area contributed by atoms with Crippen molar-refractivity contribution < 1.29 is 9.50 Å². The van der Waals surface area contributed by atoms with Crippen molar-refractivity contribution in [3.63, 3.8) is 0 Å². The fourth-order valence-corrected chi connectivity index (χ4v) is 2.30. The van der Waals surface area contributed by atoms with Crippen molar-refractivity contribution in [3.8, 4) is 5.69 Å². The monoisotopic (exact) mass is 270 g/mol. The summed E-state index contributed by atoms with van der Waals surface area (Å²) in [4.78, 5) is 4.33. The first-order valence-electron chi connectivity index (χ1n) is 6.44. The molecule has 0 amide bonds. The highest BCUT2D eigenvalue weighted by Crippen LogP contribution is 2.23. The summed E-state index contributed by atoms with van der Waals surface area (Å²) < 4.78 is 15.9. The number of aliphatic hydroxyl groups excluding tert-OH is 1. The van der Waals surface area contributed by atoms with Crippen LogP contribution in [0.4, 0.5) is 4.39 Å². The third-order valence-electron chi connectivity index (χ3n) is 3.62. The summed E-state index contributed by atoms with van der Waals surface area (Å²) in [5.41, 5.74) is 5.03. The van der Waals surface area contributed by atoms with E-state index in [1.54, 1.807) is 23.0 Å². The van der Waals surface area contributed by atoms with Crippen LogP contribution >= 0.6 is 0 Å². The maximum absolute atomic E-state index is 14.1. The molecule has 1 N–H and O–H groups in total. The van der Waals surface area contributed by atoms with Crippen LogP contribution in [0.15, 0.2) is 36.7 Å². The summed E-state index contributed by atoms with van der Waals surface area (Å²) in [6.45, 7) is 3.89. The smallest absolute Gasteiger partial charge is 0.147 e. The van der Waals surface area contributed by atoms with Gasteiger partial charge < -0.3 is 5.11 Å². The number of imidazole rings is 1. The highest BCUT2D eigenvalue weighted by Gasteiger charge is 2.10. The van der Waals surface area contributed by atoms with Crippen LogP contribution in [0.5, 0.6) is 0 Å². The van der Waals surface area contributed by atoms with Gasteiger partial charge in [-0.2, -0.15) is 0 Å². The molecule has 20 heavy (non-hydrogen) atoms. The number of halogens is 1. The standard InChI is InChI=1S/C16H15FN2O/c1-10-5-14-16(6-11(10)2)19(9-18-14)15-4-3-12(8-20)7-13(15)17/h3-7,9,20H,8H2,1-2H3. The Morgan fingerprint density at radius 2 is 1.90 bits per heavy atom. The Hall–Kier alpha value is -2.20. The fourth-order valence-electron chi connectivity index (χ4n) is 2.30. The lowest BCUT2D eigenvalue weighted by Gasteiger charge is -2.08. The average Bonchev–Trinajstić information content (AvgIpc) is 2.82. The summed E-state index contributed by atoms with van der Waals surface area (Å²) in [6.07, 6.45) is 1.63. The molecule has 0 atom stereocenters. The van der Waals surface area contributed by atoms with Gasteiger partial charge in [-0.05, 0) is 54.8 Å². The topological polar surface area (TPSA) is 38.0 Å². The van der Waals surface area contributed by atoms with E-state index in [0.29, 0.717) is 11.3 Å². The van der Waals surface area contributed by atoms with Gasteiger partial charge in [0.2, 0.25) is 0 Å². The second-order valence-electron chi connectivity index (χ2n) is 4.98. The molecule has 0 fully saturated rings. The average molecular weight is 270 g/mol. The zero-order chi connectivity index (χ0) is 14.3. The molecule has 0 unspecified atom stereocenters. The van der Waals surface area contributed by atoms with E-state index in [9.17, 15) is 4.39 Å². The molecule has 2 aromatic carbocycles. The maximum atomic E-state index is 14.1. The van der Waals surface area contributed by atoms with E-state index in [-0.39, 0.29) is 12.4 Å². The molecule has 0 saturated heterocycles. The lowest BCUT2D eigenvalue weighted by atomic mass is 10.1. The minimum atomic E-state index is -0.367. The minimum Gasteiger partial charge on any atom is -0.392 e. The van der Waals surface area contributed by atoms with E-state index in [0.717, 1.165) is 16.6 Å². The molecule has 0 aliphatic carbocycles. The van der Waals surface area contributed by atoms with Crippen molar-refractivity contribution in [1.82, 2.24) is 9.55 Å². The third-order valence-corrected chi connectivity index (χ3v) is 3.62. The van der Waals surface area contributed by atoms with Crippen LogP contribution in [0.2, 0.25) is 0 Å². The molecule has 3 nitrogen and oxygen atoms in total. The summed E-state index contributed by atoms with van der Waals surface area (Å²) in [5, 5.41) is 9.04. The summed E-state index contributed by atoms with van der Waals surface area (Å²) in [5.74, 6) is -0.367. The van der Waals surface area contributed by atoms with Gasteiger partial charge in [0.25, 0.3) is 0 Å². The molecule has 1 aromatic heterocycles. The van der Waals surface area contributed by atoms with Crippen LogP contribution in [-0.4, -0.2) is 14.7 Å². The van der Waals surface area contributed by atoms with E-state index < -0.39 is 0 Å². The van der Waals surface area contributed by atoms with Gasteiger partial charge in [0.1, 0.15) is 12.1 Å². The number of benzene rings is 2. The first kappa shape index (κ1) is 12.8. The number of hydrogen-bond acceptors (Lipinski definition) is 2. The fraction of sp³-hybridized carbons (Fsp3) is 0.188. The SMILES string of the molecule is Cc1cc2ncn(-c3ccc(CO)cc3F)c2cc1C. The number of nitrogens with zero attached hydrogens (tertiary/aromatic N) is 2. The van der Waals surface area contributed by atoms with E-state index in [4.69, 9.17) is 5.11 Å². The molecule has 0 aliphatic rings. The summed E-state index contributed by atoms with van der Waals surface area (Å²) >= 11 is 0. The molecular formula is C16H15FN2O. The molecular weight excluding hydrogens is 255 g/mol. The van der Waals surface area contributed by atoms with Gasteiger partial charge >= 0.3 is 0 Å². The van der Waals surface area contributed by atoms with Gasteiger partial charge in [0, 0.05) is 0 Å².